The van der Waals surface area contributed by atoms with Gasteiger partial charge in [0.2, 0.25) is 5.78 Å². The van der Waals surface area contributed by atoms with Gasteiger partial charge in [0.05, 0.1) is 11.3 Å². The smallest absolute Gasteiger partial charge is 0.217 e. The van der Waals surface area contributed by atoms with Gasteiger partial charge < -0.3 is 9.94 Å². The number of allylic oxidation sites excluding steroid dienone is 1. The molecule has 1 N–H and O–H groups in total. The van der Waals surface area contributed by atoms with E-state index in [2.05, 4.69) is 10.1 Å². The number of Topliss-reactive ketones (excluding diaryl/α,β-unsaturated/α-hetero) is 1. The van der Waals surface area contributed by atoms with E-state index in [1.54, 1.807) is 12.1 Å². The molecule has 1 unspecified atom stereocenters. The summed E-state index contributed by atoms with van der Waals surface area (Å²) in [5, 5.41) is 14.3. The molecule has 0 saturated heterocycles. The molecule has 20 heavy (non-hydrogen) atoms. The quantitative estimate of drug-likeness (QED) is 0.661. The highest BCUT2D eigenvalue weighted by Crippen LogP contribution is 2.32. The number of nitrogens with zero attached hydrogens (tertiary/aromatic N) is 2. The molecule has 0 spiro atoms. The fourth-order valence-electron chi connectivity index (χ4n) is 2.09. The molecule has 5 heteroatoms. The van der Waals surface area contributed by atoms with E-state index in [1.165, 1.54) is 6.20 Å². The summed E-state index contributed by atoms with van der Waals surface area (Å²) in [6.45, 7) is 6.17. The molecular formula is C15H18N2O3. The van der Waals surface area contributed by atoms with Gasteiger partial charge in [-0.25, -0.2) is 0 Å². The van der Waals surface area contributed by atoms with Crippen molar-refractivity contribution in [3.63, 3.8) is 0 Å². The molecule has 0 amide bonds. The summed E-state index contributed by atoms with van der Waals surface area (Å²) in [5.74, 6) is -0.342. The van der Waals surface area contributed by atoms with Gasteiger partial charge in [-0.1, -0.05) is 19.0 Å². The largest absolute Gasteiger partial charge is 0.506 e. The number of aliphatic hydroxyl groups is 1. The molecule has 0 aliphatic heterocycles. The SMILES string of the molecule is CCO/N=C(/C1=C(O)c2cccnc2C1=O)C(C)CC. The van der Waals surface area contributed by atoms with Crippen molar-refractivity contribution in [2.24, 2.45) is 11.1 Å². The fourth-order valence-corrected chi connectivity index (χ4v) is 2.09. The van der Waals surface area contributed by atoms with Crippen molar-refractivity contribution in [2.75, 3.05) is 6.61 Å². The second kappa shape index (κ2) is 5.86. The Morgan fingerprint density at radius 2 is 2.25 bits per heavy atom. The highest BCUT2D eigenvalue weighted by molar-refractivity contribution is 6.35. The predicted molar refractivity (Wildman–Crippen MR) is 76.6 cm³/mol. The van der Waals surface area contributed by atoms with E-state index in [1.807, 2.05) is 20.8 Å². The minimum atomic E-state index is -0.295. The van der Waals surface area contributed by atoms with Gasteiger partial charge in [0, 0.05) is 17.7 Å². The highest BCUT2D eigenvalue weighted by Gasteiger charge is 2.35. The predicted octanol–water partition coefficient (Wildman–Crippen LogP) is 2.99. The van der Waals surface area contributed by atoms with Gasteiger partial charge in [-0.2, -0.15) is 0 Å². The number of aromatic nitrogens is 1. The zero-order valence-corrected chi connectivity index (χ0v) is 11.9. The Morgan fingerprint density at radius 1 is 1.50 bits per heavy atom. The van der Waals surface area contributed by atoms with Crippen molar-refractivity contribution in [3.05, 3.63) is 35.2 Å². The third-order valence-electron chi connectivity index (χ3n) is 3.37. The van der Waals surface area contributed by atoms with E-state index in [0.29, 0.717) is 17.9 Å². The lowest BCUT2D eigenvalue weighted by Gasteiger charge is -2.12. The summed E-state index contributed by atoms with van der Waals surface area (Å²) in [7, 11) is 0. The van der Waals surface area contributed by atoms with Crippen LogP contribution in [0.3, 0.4) is 0 Å². The molecule has 106 valence electrons. The van der Waals surface area contributed by atoms with Crippen LogP contribution in [0.5, 0.6) is 0 Å². The van der Waals surface area contributed by atoms with Crippen LogP contribution in [0.15, 0.2) is 29.1 Å². The first-order valence-corrected chi connectivity index (χ1v) is 6.75. The Kier molecular flexibility index (Phi) is 4.17. The average molecular weight is 274 g/mol. The topological polar surface area (TPSA) is 71.8 Å². The Balaban J connectivity index is 2.51. The minimum Gasteiger partial charge on any atom is -0.506 e. The summed E-state index contributed by atoms with van der Waals surface area (Å²) in [6.07, 6.45) is 2.33. The second-order valence-corrected chi connectivity index (χ2v) is 4.66. The Bertz CT molecular complexity index is 591. The van der Waals surface area contributed by atoms with Crippen molar-refractivity contribution in [2.45, 2.75) is 27.2 Å². The zero-order valence-electron chi connectivity index (χ0n) is 11.9. The van der Waals surface area contributed by atoms with Crippen molar-refractivity contribution in [3.8, 4) is 0 Å². The van der Waals surface area contributed by atoms with Crippen LogP contribution in [0.1, 0.15) is 43.2 Å². The molecule has 0 saturated carbocycles. The molecule has 1 aromatic heterocycles. The molecule has 1 atom stereocenters. The van der Waals surface area contributed by atoms with Gasteiger partial charge in [-0.05, 0) is 25.5 Å². The maximum atomic E-state index is 12.4. The lowest BCUT2D eigenvalue weighted by atomic mass is 9.94. The van der Waals surface area contributed by atoms with Gasteiger partial charge in [-0.15, -0.1) is 0 Å². The van der Waals surface area contributed by atoms with E-state index < -0.39 is 0 Å². The molecule has 2 rings (SSSR count). The standard InChI is InChI=1S/C15H18N2O3/c1-4-9(3)12(17-20-5-2)11-14(18)10-7-6-8-16-13(10)15(11)19/h6-9,18H,4-5H2,1-3H3/b17-12+. The van der Waals surface area contributed by atoms with Gasteiger partial charge >= 0.3 is 0 Å². The van der Waals surface area contributed by atoms with Crippen LogP contribution in [0.4, 0.5) is 0 Å². The first-order valence-electron chi connectivity index (χ1n) is 6.75. The first kappa shape index (κ1) is 14.2. The van der Waals surface area contributed by atoms with Crippen LogP contribution in [-0.4, -0.2) is 28.2 Å². The molecule has 1 aliphatic rings. The van der Waals surface area contributed by atoms with E-state index in [-0.39, 0.29) is 28.7 Å². The van der Waals surface area contributed by atoms with Crippen LogP contribution in [0.2, 0.25) is 0 Å². The van der Waals surface area contributed by atoms with Crippen molar-refractivity contribution >= 4 is 17.3 Å². The summed E-state index contributed by atoms with van der Waals surface area (Å²) in [4.78, 5) is 21.6. The number of fused-ring (bicyclic) bond motifs is 1. The average Bonchev–Trinajstić information content (AvgIpc) is 2.73. The van der Waals surface area contributed by atoms with Crippen LogP contribution in [0.25, 0.3) is 5.76 Å². The normalized spacial score (nSPS) is 16.4. The summed E-state index contributed by atoms with van der Waals surface area (Å²) in [5.41, 5.74) is 1.42. The maximum Gasteiger partial charge on any atom is 0.217 e. The van der Waals surface area contributed by atoms with Gasteiger partial charge in [0.15, 0.2) is 0 Å². The lowest BCUT2D eigenvalue weighted by Crippen LogP contribution is -2.19. The molecule has 0 fully saturated rings. The highest BCUT2D eigenvalue weighted by atomic mass is 16.6. The van der Waals surface area contributed by atoms with Crippen molar-refractivity contribution in [1.29, 1.82) is 0 Å². The number of hydrogen-bond donors (Lipinski definition) is 1. The van der Waals surface area contributed by atoms with Crippen molar-refractivity contribution in [1.82, 2.24) is 4.98 Å². The maximum absolute atomic E-state index is 12.4. The number of aliphatic hydroxyl groups excluding tert-OH is 1. The minimum absolute atomic E-state index is 0.0111. The monoisotopic (exact) mass is 274 g/mol. The number of rotatable bonds is 5. The Hall–Kier alpha value is -2.17. The molecule has 0 radical (unpaired) electrons. The second-order valence-electron chi connectivity index (χ2n) is 4.66. The lowest BCUT2D eigenvalue weighted by molar-refractivity contribution is 0.103. The van der Waals surface area contributed by atoms with Gasteiger partial charge in [0.1, 0.15) is 18.1 Å². The summed E-state index contributed by atoms with van der Waals surface area (Å²) < 4.78 is 0. The summed E-state index contributed by atoms with van der Waals surface area (Å²) >= 11 is 0. The van der Waals surface area contributed by atoms with E-state index >= 15 is 0 Å². The van der Waals surface area contributed by atoms with Crippen LogP contribution < -0.4 is 0 Å². The van der Waals surface area contributed by atoms with Crippen molar-refractivity contribution < 1.29 is 14.7 Å². The molecule has 1 aromatic rings. The Morgan fingerprint density at radius 3 is 2.85 bits per heavy atom. The molecule has 0 aromatic carbocycles. The van der Waals surface area contributed by atoms with Gasteiger partial charge in [-0.3, -0.25) is 9.78 Å². The number of carbonyl (C=O) groups is 1. The fraction of sp³-hybridized carbons (Fsp3) is 0.400. The van der Waals surface area contributed by atoms with Crippen LogP contribution >= 0.6 is 0 Å². The molecule has 0 bridgehead atoms. The third kappa shape index (κ3) is 2.31. The Labute approximate surface area is 118 Å². The van der Waals surface area contributed by atoms with E-state index in [0.717, 1.165) is 6.42 Å². The van der Waals surface area contributed by atoms with E-state index in [9.17, 15) is 9.90 Å². The number of ketones is 1. The first-order chi connectivity index (χ1) is 9.61. The van der Waals surface area contributed by atoms with Crippen LogP contribution in [0, 0.1) is 5.92 Å². The number of pyridine rings is 1. The van der Waals surface area contributed by atoms with Crippen LogP contribution in [-0.2, 0) is 4.84 Å². The molecule has 5 nitrogen and oxygen atoms in total. The molecular weight excluding hydrogens is 256 g/mol. The van der Waals surface area contributed by atoms with Gasteiger partial charge in [0.25, 0.3) is 0 Å². The molecule has 1 aliphatic carbocycles. The summed E-state index contributed by atoms with van der Waals surface area (Å²) in [6, 6.07) is 3.37. The third-order valence-corrected chi connectivity index (χ3v) is 3.37. The zero-order chi connectivity index (χ0) is 14.7. The number of oxime groups is 1. The van der Waals surface area contributed by atoms with E-state index in [4.69, 9.17) is 4.84 Å². The molecule has 1 heterocycles. The number of carbonyl (C=O) groups excluding carboxylic acids is 1. The number of hydrogen-bond acceptors (Lipinski definition) is 5.